The summed E-state index contributed by atoms with van der Waals surface area (Å²) in [6.45, 7) is 0. The molecule has 1 aliphatic carbocycles. The Labute approximate surface area is 82.3 Å². The van der Waals surface area contributed by atoms with Gasteiger partial charge in [0.15, 0.2) is 0 Å². The summed E-state index contributed by atoms with van der Waals surface area (Å²) in [6.07, 6.45) is 2.74. The highest BCUT2D eigenvalue weighted by Crippen LogP contribution is 2.25. The van der Waals surface area contributed by atoms with Gasteiger partial charge in [-0.2, -0.15) is 0 Å². The number of carboxylic acid groups (broad SMARTS) is 1. The Morgan fingerprint density at radius 1 is 1.43 bits per heavy atom. The number of hydrogen-bond acceptors (Lipinski definition) is 3. The molecule has 0 aromatic heterocycles. The summed E-state index contributed by atoms with van der Waals surface area (Å²) in [6, 6.07) is 0. The SMILES string of the molecule is O=C(O)CC(=O)CCC1CCCC1=O. The average Bonchev–Trinajstić information content (AvgIpc) is 2.46. The fourth-order valence-corrected chi connectivity index (χ4v) is 1.79. The van der Waals surface area contributed by atoms with Gasteiger partial charge < -0.3 is 5.11 Å². The summed E-state index contributed by atoms with van der Waals surface area (Å²) in [5, 5.41) is 8.34. The van der Waals surface area contributed by atoms with Crippen LogP contribution in [0.4, 0.5) is 0 Å². The molecule has 0 amide bonds. The monoisotopic (exact) mass is 198 g/mol. The zero-order valence-electron chi connectivity index (χ0n) is 7.99. The molecule has 0 radical (unpaired) electrons. The molecule has 1 saturated carbocycles. The topological polar surface area (TPSA) is 71.4 Å². The maximum Gasteiger partial charge on any atom is 0.310 e. The number of hydrogen-bond donors (Lipinski definition) is 1. The van der Waals surface area contributed by atoms with Gasteiger partial charge in [0.1, 0.15) is 18.0 Å². The van der Waals surface area contributed by atoms with Crippen LogP contribution in [0.15, 0.2) is 0 Å². The number of carbonyl (C=O) groups is 3. The first-order valence-corrected chi connectivity index (χ1v) is 4.86. The lowest BCUT2D eigenvalue weighted by molar-refractivity contribution is -0.140. The Kier molecular flexibility index (Phi) is 3.80. The molecule has 0 aromatic rings. The van der Waals surface area contributed by atoms with E-state index >= 15 is 0 Å². The van der Waals surface area contributed by atoms with E-state index in [1.165, 1.54) is 0 Å². The standard InChI is InChI=1S/C10H14O4/c11-8(6-10(13)14)5-4-7-2-1-3-9(7)12/h7H,1-6H2,(H,13,14). The molecule has 0 heterocycles. The number of carbonyl (C=O) groups excluding carboxylic acids is 2. The van der Waals surface area contributed by atoms with Crippen LogP contribution in [0, 0.1) is 5.92 Å². The fraction of sp³-hybridized carbons (Fsp3) is 0.700. The molecule has 1 N–H and O–H groups in total. The van der Waals surface area contributed by atoms with Crippen molar-refractivity contribution in [1.29, 1.82) is 0 Å². The lowest BCUT2D eigenvalue weighted by Gasteiger charge is -2.05. The summed E-state index contributed by atoms with van der Waals surface area (Å²) in [4.78, 5) is 32.4. The van der Waals surface area contributed by atoms with E-state index in [-0.39, 0.29) is 23.9 Å². The molecule has 1 atom stereocenters. The molecule has 0 bridgehead atoms. The minimum atomic E-state index is -1.09. The van der Waals surface area contributed by atoms with Gasteiger partial charge in [-0.25, -0.2) is 0 Å². The van der Waals surface area contributed by atoms with Crippen LogP contribution in [-0.2, 0) is 14.4 Å². The minimum absolute atomic E-state index is 0.00717. The molecular formula is C10H14O4. The zero-order valence-corrected chi connectivity index (χ0v) is 7.99. The lowest BCUT2D eigenvalue weighted by atomic mass is 9.98. The largest absolute Gasteiger partial charge is 0.481 e. The Balaban J connectivity index is 2.23. The lowest BCUT2D eigenvalue weighted by Crippen LogP contribution is -2.11. The highest BCUT2D eigenvalue weighted by molar-refractivity contribution is 5.95. The Hall–Kier alpha value is -1.19. The molecule has 1 unspecified atom stereocenters. The number of ketones is 2. The second-order valence-electron chi connectivity index (χ2n) is 3.70. The van der Waals surface area contributed by atoms with Crippen molar-refractivity contribution < 1.29 is 19.5 Å². The van der Waals surface area contributed by atoms with Crippen LogP contribution >= 0.6 is 0 Å². The van der Waals surface area contributed by atoms with E-state index in [0.29, 0.717) is 12.8 Å². The summed E-state index contributed by atoms with van der Waals surface area (Å²) in [7, 11) is 0. The maximum absolute atomic E-state index is 11.2. The molecule has 4 heteroatoms. The van der Waals surface area contributed by atoms with E-state index < -0.39 is 12.4 Å². The molecule has 4 nitrogen and oxygen atoms in total. The molecule has 0 aromatic carbocycles. The van der Waals surface area contributed by atoms with Crippen LogP contribution in [0.5, 0.6) is 0 Å². The normalized spacial score (nSPS) is 21.1. The first-order valence-electron chi connectivity index (χ1n) is 4.86. The van der Waals surface area contributed by atoms with E-state index in [2.05, 4.69) is 0 Å². The molecule has 1 rings (SSSR count). The van der Waals surface area contributed by atoms with Crippen molar-refractivity contribution in [1.82, 2.24) is 0 Å². The predicted molar refractivity (Wildman–Crippen MR) is 48.8 cm³/mol. The fourth-order valence-electron chi connectivity index (χ4n) is 1.79. The van der Waals surface area contributed by atoms with Gasteiger partial charge in [0.05, 0.1) is 0 Å². The van der Waals surface area contributed by atoms with Gasteiger partial charge in [-0.05, 0) is 19.3 Å². The summed E-state index contributed by atoms with van der Waals surface area (Å²) >= 11 is 0. The Morgan fingerprint density at radius 2 is 2.14 bits per heavy atom. The van der Waals surface area contributed by atoms with Crippen molar-refractivity contribution in [2.45, 2.75) is 38.5 Å². The van der Waals surface area contributed by atoms with Crippen molar-refractivity contribution in [2.24, 2.45) is 5.92 Å². The first kappa shape index (κ1) is 10.9. The predicted octanol–water partition coefficient (Wildman–Crippen LogP) is 1.18. The Morgan fingerprint density at radius 3 is 2.64 bits per heavy atom. The van der Waals surface area contributed by atoms with Crippen LogP contribution in [-0.4, -0.2) is 22.6 Å². The molecule has 0 saturated heterocycles. The molecule has 14 heavy (non-hydrogen) atoms. The summed E-state index contributed by atoms with van der Waals surface area (Å²) in [5.74, 6) is -1.13. The third-order valence-electron chi connectivity index (χ3n) is 2.55. The number of carboxylic acids is 1. The quantitative estimate of drug-likeness (QED) is 0.673. The number of rotatable bonds is 5. The van der Waals surface area contributed by atoms with Crippen LogP contribution in [0.2, 0.25) is 0 Å². The minimum Gasteiger partial charge on any atom is -0.481 e. The van der Waals surface area contributed by atoms with Gasteiger partial charge in [-0.15, -0.1) is 0 Å². The second kappa shape index (κ2) is 4.88. The molecule has 78 valence electrons. The number of aliphatic carboxylic acids is 1. The first-order chi connectivity index (χ1) is 6.59. The van der Waals surface area contributed by atoms with E-state index in [1.54, 1.807) is 0 Å². The van der Waals surface area contributed by atoms with Gasteiger partial charge in [0, 0.05) is 18.8 Å². The average molecular weight is 198 g/mol. The molecule has 1 fully saturated rings. The van der Waals surface area contributed by atoms with Crippen LogP contribution in [0.1, 0.15) is 38.5 Å². The van der Waals surface area contributed by atoms with Gasteiger partial charge in [0.25, 0.3) is 0 Å². The van der Waals surface area contributed by atoms with Gasteiger partial charge in [0.2, 0.25) is 0 Å². The van der Waals surface area contributed by atoms with Crippen molar-refractivity contribution >= 4 is 17.5 Å². The van der Waals surface area contributed by atoms with Crippen LogP contribution in [0.25, 0.3) is 0 Å². The van der Waals surface area contributed by atoms with Crippen molar-refractivity contribution in [3.63, 3.8) is 0 Å². The van der Waals surface area contributed by atoms with Gasteiger partial charge in [-0.3, -0.25) is 14.4 Å². The third kappa shape index (κ3) is 3.28. The van der Waals surface area contributed by atoms with Gasteiger partial charge >= 0.3 is 5.97 Å². The zero-order chi connectivity index (χ0) is 10.6. The van der Waals surface area contributed by atoms with Crippen LogP contribution < -0.4 is 0 Å². The highest BCUT2D eigenvalue weighted by Gasteiger charge is 2.24. The summed E-state index contributed by atoms with van der Waals surface area (Å²) < 4.78 is 0. The molecule has 0 spiro atoms. The van der Waals surface area contributed by atoms with Crippen molar-refractivity contribution in [3.8, 4) is 0 Å². The van der Waals surface area contributed by atoms with Crippen molar-refractivity contribution in [2.75, 3.05) is 0 Å². The molecule has 1 aliphatic rings. The maximum atomic E-state index is 11.2. The van der Waals surface area contributed by atoms with Gasteiger partial charge in [-0.1, -0.05) is 0 Å². The smallest absolute Gasteiger partial charge is 0.310 e. The van der Waals surface area contributed by atoms with E-state index in [0.717, 1.165) is 12.8 Å². The molecule has 0 aliphatic heterocycles. The third-order valence-corrected chi connectivity index (χ3v) is 2.55. The summed E-state index contributed by atoms with van der Waals surface area (Å²) in [5.41, 5.74) is 0. The van der Waals surface area contributed by atoms with E-state index in [9.17, 15) is 14.4 Å². The highest BCUT2D eigenvalue weighted by atomic mass is 16.4. The number of Topliss-reactive ketones (excluding diaryl/α,β-unsaturated/α-hetero) is 2. The Bertz CT molecular complexity index is 257. The van der Waals surface area contributed by atoms with Crippen LogP contribution in [0.3, 0.4) is 0 Å². The van der Waals surface area contributed by atoms with Crippen molar-refractivity contribution in [3.05, 3.63) is 0 Å². The molecular weight excluding hydrogens is 184 g/mol. The van der Waals surface area contributed by atoms with E-state index in [1.807, 2.05) is 0 Å². The van der Waals surface area contributed by atoms with E-state index in [4.69, 9.17) is 5.11 Å². The second-order valence-corrected chi connectivity index (χ2v) is 3.70.